The quantitative estimate of drug-likeness (QED) is 0.105. The number of aliphatic hydroxyl groups is 1. The Bertz CT molecular complexity index is 1900. The molecular weight excluding hydrogens is 737 g/mol. The molecular formula is C39H45IrN2O3-. The maximum absolute atomic E-state index is 11.5. The van der Waals surface area contributed by atoms with E-state index >= 15 is 0 Å². The molecule has 2 aromatic carbocycles. The first-order valence-corrected chi connectivity index (χ1v) is 15.0. The van der Waals surface area contributed by atoms with Crippen molar-refractivity contribution >= 4 is 27.9 Å². The topological polar surface area (TPSA) is 76.2 Å². The molecule has 0 aliphatic carbocycles. The maximum atomic E-state index is 11.5. The number of allylic oxidation sites excluding steroid dienone is 2. The summed E-state index contributed by atoms with van der Waals surface area (Å²) in [6.45, 7) is 14.2. The van der Waals surface area contributed by atoms with Crippen LogP contribution in [0.25, 0.3) is 44.5 Å². The van der Waals surface area contributed by atoms with Gasteiger partial charge in [-0.15, -0.1) is 18.2 Å². The maximum Gasteiger partial charge on any atom is 0.216 e. The Hall–Kier alpha value is -3.60. The Morgan fingerprint density at radius 2 is 1.71 bits per heavy atom. The van der Waals surface area contributed by atoms with Crippen molar-refractivity contribution in [3.05, 3.63) is 96.0 Å². The number of furan rings is 1. The molecule has 5 rings (SSSR count). The predicted octanol–water partition coefficient (Wildman–Crippen LogP) is 10.8. The van der Waals surface area contributed by atoms with Crippen molar-refractivity contribution < 1.29 is 38.5 Å². The largest absolute Gasteiger partial charge is 0.512 e. The average molecular weight is 785 g/mol. The van der Waals surface area contributed by atoms with E-state index in [0.717, 1.165) is 33.2 Å². The molecule has 1 radical (unpaired) electrons. The molecule has 0 saturated carbocycles. The molecule has 0 fully saturated rings. The molecule has 5 nitrogen and oxygen atoms in total. The van der Waals surface area contributed by atoms with Gasteiger partial charge in [0.2, 0.25) is 5.71 Å². The molecule has 0 amide bonds. The SMILES string of the molecule is CC(C)(C)CC(=O)/C=C(\O)CC(C)(C)C.[2H]C([2H])([2H])c1ccc2c(n1)oc1c(-c3ccc(-c4cccc(C(C)C)c4)cn3)[c-]ccc12.[Ir]. The van der Waals surface area contributed by atoms with Gasteiger partial charge in [0, 0.05) is 60.4 Å². The molecule has 0 bridgehead atoms. The van der Waals surface area contributed by atoms with Crippen LogP contribution in [0.2, 0.25) is 0 Å². The Morgan fingerprint density at radius 1 is 0.978 bits per heavy atom. The zero-order valence-electron chi connectivity index (χ0n) is 30.4. The van der Waals surface area contributed by atoms with Gasteiger partial charge in [-0.1, -0.05) is 103 Å². The fourth-order valence-electron chi connectivity index (χ4n) is 4.96. The third-order valence-electron chi connectivity index (χ3n) is 6.95. The van der Waals surface area contributed by atoms with E-state index < -0.39 is 6.85 Å². The number of hydrogen-bond acceptors (Lipinski definition) is 5. The molecule has 1 N–H and O–H groups in total. The predicted molar refractivity (Wildman–Crippen MR) is 182 cm³/mol. The molecule has 0 aliphatic rings. The van der Waals surface area contributed by atoms with Gasteiger partial charge in [-0.2, -0.15) is 0 Å². The smallest absolute Gasteiger partial charge is 0.216 e. The van der Waals surface area contributed by atoms with Crippen LogP contribution in [0.3, 0.4) is 0 Å². The van der Waals surface area contributed by atoms with Gasteiger partial charge in [0.25, 0.3) is 0 Å². The summed E-state index contributed by atoms with van der Waals surface area (Å²) in [5.41, 5.74) is 5.82. The number of aryl methyl sites for hydroxylation is 1. The van der Waals surface area contributed by atoms with E-state index in [0.29, 0.717) is 30.1 Å². The Balaban J connectivity index is 0.000000334. The van der Waals surface area contributed by atoms with Gasteiger partial charge in [-0.3, -0.25) is 4.79 Å². The molecule has 0 atom stereocenters. The number of carbonyl (C=O) groups is 1. The van der Waals surface area contributed by atoms with Crippen LogP contribution in [-0.4, -0.2) is 20.9 Å². The summed E-state index contributed by atoms with van der Waals surface area (Å²) in [6.07, 6.45) is 4.25. The first kappa shape index (κ1) is 31.4. The number of carbonyl (C=O) groups excluding carboxylic acids is 1. The second kappa shape index (κ2) is 14.7. The molecule has 6 heteroatoms. The van der Waals surface area contributed by atoms with Crippen molar-refractivity contribution in [2.75, 3.05) is 0 Å². The summed E-state index contributed by atoms with van der Waals surface area (Å²) in [4.78, 5) is 20.4. The van der Waals surface area contributed by atoms with Crippen LogP contribution in [0.1, 0.15) is 89.5 Å². The van der Waals surface area contributed by atoms with Crippen molar-refractivity contribution in [3.63, 3.8) is 0 Å². The molecule has 3 heterocycles. The van der Waals surface area contributed by atoms with Gasteiger partial charge in [0.1, 0.15) is 0 Å². The fraction of sp³-hybridized carbons (Fsp3) is 0.359. The van der Waals surface area contributed by atoms with Crippen molar-refractivity contribution in [2.24, 2.45) is 10.8 Å². The van der Waals surface area contributed by atoms with Gasteiger partial charge in [-0.25, -0.2) is 4.98 Å². The van der Waals surface area contributed by atoms with Crippen molar-refractivity contribution in [1.29, 1.82) is 0 Å². The average Bonchev–Trinajstić information content (AvgIpc) is 3.33. The van der Waals surface area contributed by atoms with E-state index in [1.165, 1.54) is 17.7 Å². The zero-order chi connectivity index (χ0) is 34.7. The van der Waals surface area contributed by atoms with Gasteiger partial charge >= 0.3 is 0 Å². The van der Waals surface area contributed by atoms with E-state index in [1.807, 2.05) is 72.0 Å². The summed E-state index contributed by atoms with van der Waals surface area (Å²) in [6, 6.07) is 22.7. The first-order chi connectivity index (χ1) is 21.8. The summed E-state index contributed by atoms with van der Waals surface area (Å²) >= 11 is 0. The zero-order valence-corrected chi connectivity index (χ0v) is 29.8. The molecule has 0 spiro atoms. The number of hydrogen-bond donors (Lipinski definition) is 1. The normalized spacial score (nSPS) is 13.4. The van der Waals surface area contributed by atoms with Crippen LogP contribution < -0.4 is 0 Å². The molecule has 45 heavy (non-hydrogen) atoms. The van der Waals surface area contributed by atoms with Crippen LogP contribution in [0.15, 0.2) is 83.1 Å². The van der Waals surface area contributed by atoms with E-state index in [2.05, 4.69) is 54.1 Å². The third kappa shape index (κ3) is 9.94. The Morgan fingerprint density at radius 3 is 2.33 bits per heavy atom. The molecule has 3 aromatic heterocycles. The monoisotopic (exact) mass is 785 g/mol. The number of aromatic nitrogens is 2. The molecule has 5 aromatic rings. The Labute approximate surface area is 285 Å². The van der Waals surface area contributed by atoms with E-state index in [9.17, 15) is 9.90 Å². The van der Waals surface area contributed by atoms with Crippen molar-refractivity contribution in [1.82, 2.24) is 9.97 Å². The molecule has 0 saturated heterocycles. The van der Waals surface area contributed by atoms with E-state index in [1.54, 1.807) is 6.07 Å². The summed E-state index contributed by atoms with van der Waals surface area (Å²) in [7, 11) is 0. The van der Waals surface area contributed by atoms with Crippen LogP contribution in [-0.2, 0) is 24.9 Å². The standard InChI is InChI=1S/C26H21N2O.C13H24O2.Ir/c1-16(2)18-6-4-7-19(14-18)20-11-13-24(27-15-20)23-9-5-8-21-22-12-10-17(3)28-26(22)29-25(21)23;1-12(2,3)8-10(14)7-11(15)9-13(4,5)6;/h4-8,10-16H,1-3H3;7,14H,8-9H2,1-6H3;/q-1;;/b;10-7-;/i3D3;;. The van der Waals surface area contributed by atoms with E-state index in [4.69, 9.17) is 8.53 Å². The number of rotatable bonds is 6. The van der Waals surface area contributed by atoms with Crippen LogP contribution in [0.5, 0.6) is 0 Å². The van der Waals surface area contributed by atoms with Crippen molar-refractivity contribution in [2.45, 2.75) is 81.0 Å². The number of fused-ring (bicyclic) bond motifs is 3. The minimum absolute atomic E-state index is 0. The summed E-state index contributed by atoms with van der Waals surface area (Å²) in [5, 5.41) is 11.2. The second-order valence-electron chi connectivity index (χ2n) is 14.0. The minimum atomic E-state index is -2.29. The fourth-order valence-corrected chi connectivity index (χ4v) is 4.96. The number of benzene rings is 2. The minimum Gasteiger partial charge on any atom is -0.512 e. The van der Waals surface area contributed by atoms with E-state index in [-0.39, 0.29) is 48.2 Å². The molecule has 0 aliphatic heterocycles. The van der Waals surface area contributed by atoms with Gasteiger partial charge < -0.3 is 14.5 Å². The molecule has 239 valence electrons. The summed E-state index contributed by atoms with van der Waals surface area (Å²) in [5.74, 6) is 0.655. The number of ketones is 1. The molecule has 0 unspecified atom stereocenters. The number of nitrogens with zero attached hydrogens (tertiary/aromatic N) is 2. The van der Waals surface area contributed by atoms with Crippen molar-refractivity contribution in [3.8, 4) is 22.4 Å². The summed E-state index contributed by atoms with van der Waals surface area (Å²) < 4.78 is 28.8. The first-order valence-electron chi connectivity index (χ1n) is 16.5. The van der Waals surface area contributed by atoms with Gasteiger partial charge in [0.05, 0.1) is 11.3 Å². The Kier molecular flexibility index (Phi) is 10.2. The number of pyridine rings is 2. The van der Waals surface area contributed by atoms with Gasteiger partial charge in [0.15, 0.2) is 5.78 Å². The van der Waals surface area contributed by atoms with Gasteiger partial charge in [-0.05, 0) is 58.1 Å². The van der Waals surface area contributed by atoms with Crippen LogP contribution >= 0.6 is 0 Å². The second-order valence-corrected chi connectivity index (χ2v) is 14.0. The third-order valence-corrected chi connectivity index (χ3v) is 6.95. The van der Waals surface area contributed by atoms with Crippen LogP contribution in [0.4, 0.5) is 0 Å². The number of aliphatic hydroxyl groups excluding tert-OH is 1. The van der Waals surface area contributed by atoms with Crippen LogP contribution in [0, 0.1) is 23.7 Å².